The predicted molar refractivity (Wildman–Crippen MR) is 200 cm³/mol. The maximum Gasteiger partial charge on any atom is 0.338 e. The number of fused-ring (bicyclic) bond motifs is 20. The monoisotopic (exact) mass is 668 g/mol. The third-order valence-electron chi connectivity index (χ3n) is 9.34. The van der Waals surface area contributed by atoms with E-state index in [4.69, 9.17) is 34.6 Å². The molecule has 10 nitrogen and oxygen atoms in total. The summed E-state index contributed by atoms with van der Waals surface area (Å²) < 4.78 is 5.81. The van der Waals surface area contributed by atoms with Crippen molar-refractivity contribution in [2.24, 2.45) is 0 Å². The summed E-state index contributed by atoms with van der Waals surface area (Å²) in [7, 11) is 0. The SMILES string of the molecule is C=CCCCCCCOC(=O)c1cccc2c3nc4nc(nc5[nH]c(nc6nc(nc([nH]3)c12)-c1ccccc1-6)c1ccccc51)-c1ccccc1-4. The molecule has 0 fully saturated rings. The maximum absolute atomic E-state index is 13.7. The van der Waals surface area contributed by atoms with Gasteiger partial charge in [-0.3, -0.25) is 0 Å². The van der Waals surface area contributed by atoms with Crippen molar-refractivity contribution in [3.8, 4) is 45.6 Å². The molecule has 0 amide bonds. The number of rotatable bonds is 8. The van der Waals surface area contributed by atoms with Crippen LogP contribution in [0.2, 0.25) is 0 Å². The van der Waals surface area contributed by atoms with E-state index >= 15 is 0 Å². The highest BCUT2D eigenvalue weighted by Gasteiger charge is 2.23. The summed E-state index contributed by atoms with van der Waals surface area (Å²) in [5, 5.41) is 3.13. The number of esters is 1. The standard InChI is InChI=1S/C41H32N8O2/c1-2-3-4-5-6-13-23-51-41(50)31-22-14-21-30-32(31)40-48-38-29-20-12-11-19-28(29)36(46-38)44-34-25-16-8-7-15-24(25)33(42-34)43-35-26-17-9-10-18-27(26)37(45-35)47-39(30)49-40/h2,7-12,14-22H,1,3-6,13,23H2,(H2,42,43,44,45,46,47,48,49). The van der Waals surface area contributed by atoms with Gasteiger partial charge in [-0.2, -0.15) is 0 Å². The van der Waals surface area contributed by atoms with Gasteiger partial charge < -0.3 is 14.7 Å². The van der Waals surface area contributed by atoms with Gasteiger partial charge in [0.2, 0.25) is 0 Å². The highest BCUT2D eigenvalue weighted by molar-refractivity contribution is 6.15. The van der Waals surface area contributed by atoms with Gasteiger partial charge in [0.15, 0.2) is 23.3 Å². The van der Waals surface area contributed by atoms with Gasteiger partial charge in [0, 0.05) is 43.8 Å². The van der Waals surface area contributed by atoms with Crippen LogP contribution >= 0.6 is 0 Å². The van der Waals surface area contributed by atoms with E-state index in [0.717, 1.165) is 65.1 Å². The fourth-order valence-electron chi connectivity index (χ4n) is 6.85. The van der Waals surface area contributed by atoms with Crippen molar-refractivity contribution >= 4 is 50.1 Å². The number of aromatic amines is 2. The van der Waals surface area contributed by atoms with Crippen molar-refractivity contribution in [3.05, 3.63) is 109 Å². The number of nitrogens with one attached hydrogen (secondary N) is 2. The van der Waals surface area contributed by atoms with Crippen LogP contribution in [-0.4, -0.2) is 52.4 Å². The number of unbranched alkanes of at least 4 members (excludes halogenated alkanes) is 4. The van der Waals surface area contributed by atoms with Crippen molar-refractivity contribution in [2.45, 2.75) is 32.1 Å². The average Bonchev–Trinajstić information content (AvgIpc) is 3.90. The van der Waals surface area contributed by atoms with E-state index in [1.807, 2.05) is 91.0 Å². The Hall–Kier alpha value is -6.55. The molecule has 2 aliphatic rings. The van der Waals surface area contributed by atoms with Gasteiger partial charge in [0.1, 0.15) is 22.6 Å². The minimum atomic E-state index is -0.414. The lowest BCUT2D eigenvalue weighted by atomic mass is 10.1. The molecule has 10 heteroatoms. The van der Waals surface area contributed by atoms with Crippen LogP contribution in [-0.2, 0) is 4.74 Å². The van der Waals surface area contributed by atoms with Crippen molar-refractivity contribution in [1.82, 2.24) is 39.9 Å². The van der Waals surface area contributed by atoms with Crippen molar-refractivity contribution < 1.29 is 9.53 Å². The molecule has 2 aliphatic heterocycles. The molecular formula is C41H32N8O2. The zero-order chi connectivity index (χ0) is 34.3. The minimum Gasteiger partial charge on any atom is -0.462 e. The number of benzene rings is 4. The number of allylic oxidation sites excluding steroid dienone is 1. The summed E-state index contributed by atoms with van der Waals surface area (Å²) in [4.78, 5) is 50.7. The number of nitrogens with zero attached hydrogens (tertiary/aromatic N) is 6. The highest BCUT2D eigenvalue weighted by atomic mass is 16.5. The molecule has 0 spiro atoms. The first-order valence-electron chi connectivity index (χ1n) is 17.2. The molecule has 248 valence electrons. The summed E-state index contributed by atoms with van der Waals surface area (Å²) >= 11 is 0. The molecular weight excluding hydrogens is 637 g/mol. The van der Waals surface area contributed by atoms with E-state index in [9.17, 15) is 4.79 Å². The van der Waals surface area contributed by atoms with Crippen LogP contribution in [0.5, 0.6) is 0 Å². The lowest BCUT2D eigenvalue weighted by molar-refractivity contribution is 0.0500. The Morgan fingerprint density at radius 1 is 0.549 bits per heavy atom. The zero-order valence-electron chi connectivity index (χ0n) is 27.7. The number of hydrogen-bond acceptors (Lipinski definition) is 8. The number of carbonyl (C=O) groups excluding carboxylic acids is 1. The topological polar surface area (TPSA) is 135 Å². The van der Waals surface area contributed by atoms with E-state index < -0.39 is 5.97 Å². The first-order chi connectivity index (χ1) is 25.2. The van der Waals surface area contributed by atoms with Crippen LogP contribution in [0.4, 0.5) is 0 Å². The van der Waals surface area contributed by atoms with E-state index in [-0.39, 0.29) is 0 Å². The molecule has 0 saturated heterocycles. The second kappa shape index (κ2) is 12.7. The lowest BCUT2D eigenvalue weighted by Crippen LogP contribution is -2.07. The van der Waals surface area contributed by atoms with Crippen molar-refractivity contribution in [2.75, 3.05) is 6.61 Å². The van der Waals surface area contributed by atoms with Gasteiger partial charge in [-0.1, -0.05) is 104 Å². The Morgan fingerprint density at radius 2 is 1.02 bits per heavy atom. The quantitative estimate of drug-likeness (QED) is 0.0930. The Morgan fingerprint density at radius 3 is 1.59 bits per heavy atom. The van der Waals surface area contributed by atoms with Crippen LogP contribution in [0, 0.1) is 0 Å². The Bertz CT molecular complexity index is 2690. The first-order valence-corrected chi connectivity index (χ1v) is 17.2. The summed E-state index contributed by atoms with van der Waals surface area (Å²) in [6.07, 6.45) is 6.86. The molecule has 51 heavy (non-hydrogen) atoms. The average molecular weight is 669 g/mol. The molecule has 0 unspecified atom stereocenters. The van der Waals surface area contributed by atoms with Crippen LogP contribution < -0.4 is 0 Å². The van der Waals surface area contributed by atoms with Gasteiger partial charge in [-0.05, 0) is 25.3 Å². The molecule has 0 aliphatic carbocycles. The predicted octanol–water partition coefficient (Wildman–Crippen LogP) is 9.16. The molecule has 0 radical (unpaired) electrons. The summed E-state index contributed by atoms with van der Waals surface area (Å²) in [6.45, 7) is 4.12. The summed E-state index contributed by atoms with van der Waals surface area (Å²) in [6, 6.07) is 29.3. The van der Waals surface area contributed by atoms with Crippen molar-refractivity contribution in [1.29, 1.82) is 0 Å². The van der Waals surface area contributed by atoms with Gasteiger partial charge >= 0.3 is 5.97 Å². The number of carbonyl (C=O) groups is 1. The van der Waals surface area contributed by atoms with E-state index in [0.29, 0.717) is 68.8 Å². The largest absolute Gasteiger partial charge is 0.462 e. The summed E-state index contributed by atoms with van der Waals surface area (Å²) in [5.74, 6) is 1.60. The Balaban J connectivity index is 1.31. The smallest absolute Gasteiger partial charge is 0.338 e. The fraction of sp³-hybridized carbons (Fsp3) is 0.146. The van der Waals surface area contributed by atoms with Gasteiger partial charge in [-0.25, -0.2) is 34.7 Å². The normalized spacial score (nSPS) is 11.8. The second-order valence-corrected chi connectivity index (χ2v) is 12.6. The molecule has 0 saturated carbocycles. The van der Waals surface area contributed by atoms with E-state index in [2.05, 4.69) is 16.5 Å². The van der Waals surface area contributed by atoms with Crippen LogP contribution in [0.25, 0.3) is 89.7 Å². The molecule has 2 N–H and O–H groups in total. The third-order valence-corrected chi connectivity index (χ3v) is 9.34. The highest BCUT2D eigenvalue weighted by Crippen LogP contribution is 2.37. The lowest BCUT2D eigenvalue weighted by Gasteiger charge is -2.06. The minimum absolute atomic E-state index is 0.335. The molecule has 3 aromatic heterocycles. The Labute approximate surface area is 292 Å². The Kier molecular flexibility index (Phi) is 7.61. The van der Waals surface area contributed by atoms with Crippen LogP contribution in [0.1, 0.15) is 42.5 Å². The molecule has 7 aromatic rings. The van der Waals surface area contributed by atoms with Crippen molar-refractivity contribution in [3.63, 3.8) is 0 Å². The summed E-state index contributed by atoms with van der Waals surface area (Å²) in [5.41, 5.74) is 6.00. The third kappa shape index (κ3) is 5.41. The van der Waals surface area contributed by atoms with Gasteiger partial charge in [-0.15, -0.1) is 6.58 Å². The van der Waals surface area contributed by atoms with Crippen LogP contribution in [0.15, 0.2) is 104 Å². The van der Waals surface area contributed by atoms with E-state index in [1.165, 1.54) is 0 Å². The molecule has 5 heterocycles. The van der Waals surface area contributed by atoms with Crippen LogP contribution in [0.3, 0.4) is 0 Å². The molecule has 4 aromatic carbocycles. The second-order valence-electron chi connectivity index (χ2n) is 12.6. The number of ether oxygens (including phenoxy) is 1. The number of hydrogen-bond donors (Lipinski definition) is 2. The fourth-order valence-corrected chi connectivity index (χ4v) is 6.85. The zero-order valence-corrected chi connectivity index (χ0v) is 27.7. The number of aromatic nitrogens is 8. The first kappa shape index (κ1) is 30.5. The molecule has 8 bridgehead atoms. The maximum atomic E-state index is 13.7. The molecule has 9 rings (SSSR count). The number of H-pyrrole nitrogens is 2. The van der Waals surface area contributed by atoms with Gasteiger partial charge in [0.05, 0.1) is 12.2 Å². The molecule has 0 atom stereocenters. The van der Waals surface area contributed by atoms with E-state index in [1.54, 1.807) is 6.07 Å². The van der Waals surface area contributed by atoms with Gasteiger partial charge in [0.25, 0.3) is 0 Å².